The van der Waals surface area contributed by atoms with Crippen molar-refractivity contribution in [1.82, 2.24) is 40.1 Å². The number of hydrogen-bond acceptors (Lipinski definition) is 10. The molecule has 4 saturated heterocycles. The number of nitrogens with one attached hydrogen (secondary N) is 2. The molecule has 3 unspecified atom stereocenters. The number of aryl methyl sites for hydroxylation is 1. The fourth-order valence-corrected chi connectivity index (χ4v) is 13.6. The third kappa shape index (κ3) is 9.53. The molecule has 11 rings (SSSR count). The maximum Gasteiger partial charge on any atom is 0.228 e. The number of aromatic hydroxyl groups is 1. The molecule has 3 aromatic carbocycles. The Labute approximate surface area is 427 Å². The molecule has 6 fully saturated rings. The molecule has 5 aromatic rings. The number of carbonyl (C=O) groups excluding carboxylic acids is 1. The van der Waals surface area contributed by atoms with E-state index in [0.29, 0.717) is 65.9 Å². The summed E-state index contributed by atoms with van der Waals surface area (Å²) in [5.74, 6) is 1.79. The normalized spacial score (nSPS) is 22.7. The van der Waals surface area contributed by atoms with Crippen LogP contribution < -0.4 is 10.6 Å². The molecule has 2 bridgehead atoms. The van der Waals surface area contributed by atoms with Gasteiger partial charge in [0.05, 0.1) is 34.9 Å². The van der Waals surface area contributed by atoms with Gasteiger partial charge in [0.1, 0.15) is 35.5 Å². The Morgan fingerprint density at radius 2 is 1.79 bits per heavy atom. The van der Waals surface area contributed by atoms with Crippen molar-refractivity contribution in [2.24, 2.45) is 27.9 Å². The third-order valence-electron chi connectivity index (χ3n) is 17.6. The lowest BCUT2D eigenvalue weighted by Crippen LogP contribution is -2.60. The number of aliphatic imine (C=N–C) groups is 2. The van der Waals surface area contributed by atoms with Crippen LogP contribution in [0.5, 0.6) is 5.75 Å². The number of amidine groups is 1. The van der Waals surface area contributed by atoms with Crippen LogP contribution >= 0.6 is 0 Å². The number of amides is 1. The van der Waals surface area contributed by atoms with Crippen LogP contribution in [-0.2, 0) is 16.6 Å². The molecule has 6 aliphatic rings. The van der Waals surface area contributed by atoms with Crippen molar-refractivity contribution in [3.05, 3.63) is 82.7 Å². The number of rotatable bonds is 15. The van der Waals surface area contributed by atoms with E-state index in [1.807, 2.05) is 11.7 Å². The van der Waals surface area contributed by atoms with Gasteiger partial charge in [-0.1, -0.05) is 37.5 Å². The lowest BCUT2D eigenvalue weighted by Gasteiger charge is -2.55. The van der Waals surface area contributed by atoms with Gasteiger partial charge in [0.2, 0.25) is 5.91 Å². The van der Waals surface area contributed by atoms with Crippen LogP contribution in [0.3, 0.4) is 0 Å². The van der Waals surface area contributed by atoms with Crippen LogP contribution in [0.2, 0.25) is 0 Å². The van der Waals surface area contributed by atoms with Crippen molar-refractivity contribution in [3.63, 3.8) is 0 Å². The van der Waals surface area contributed by atoms with Gasteiger partial charge in [0, 0.05) is 92.9 Å². The Morgan fingerprint density at radius 3 is 2.48 bits per heavy atom. The van der Waals surface area contributed by atoms with Gasteiger partial charge in [0.25, 0.3) is 0 Å². The highest BCUT2D eigenvalue weighted by Gasteiger charge is 2.51. The number of terminal acetylenes is 1. The van der Waals surface area contributed by atoms with Crippen LogP contribution in [0, 0.1) is 34.8 Å². The SMILES string of the molecule is C#Cc1c(F)ccc2cc(O)cc(-c3ncc(/C(=N\COCC4(CN5CC6(CCC(N7CCC(c8ccc9c(C(CCC)C(=O)NC)nn(C)c9c8)CC7)CC6)C5)CC4)N4CC5CCC(C4)N5)c(N=C)c3F)c12. The van der Waals surface area contributed by atoms with E-state index in [1.165, 1.54) is 81.4 Å². The molecule has 2 saturated carbocycles. The number of ether oxygens (including phenoxy) is 1. The number of likely N-dealkylation sites (tertiary alicyclic amines) is 3. The standard InChI is InChI=1S/C58H70F2N10O3/c1-6-8-45(56(72)62-4)52-44-13-9-37(26-49(44)67(5)66-52)36-17-23-69(24-18-36)41-15-19-57(20-16-41)31-68(32-57)33-58(21-22-58)34-73-35-64-55(70-29-39-11-12-40(30-70)65-39)47-28-63-54(51(60)53(47)61-3)46-27-42(71)25-38-10-14-48(59)43(7-2)50(38)46/h2,9-10,13-14,25-28,36,39-41,45,65,71H,3,6,8,11-12,15-24,29-35H2,1,4-5H3,(H,62,72)/b64-55+. The molecule has 0 radical (unpaired) electrons. The molecule has 73 heavy (non-hydrogen) atoms. The summed E-state index contributed by atoms with van der Waals surface area (Å²) in [5, 5.41) is 23.9. The largest absolute Gasteiger partial charge is 0.508 e. The van der Waals surface area contributed by atoms with E-state index < -0.39 is 11.6 Å². The minimum absolute atomic E-state index is 0.0273. The van der Waals surface area contributed by atoms with E-state index in [4.69, 9.17) is 21.3 Å². The van der Waals surface area contributed by atoms with Crippen LogP contribution in [0.1, 0.15) is 118 Å². The van der Waals surface area contributed by atoms with Gasteiger partial charge in [-0.2, -0.15) is 5.10 Å². The number of likely N-dealkylation sites (N-methyl/N-ethyl adjacent to an activating group) is 1. The first kappa shape index (κ1) is 49.4. The van der Waals surface area contributed by atoms with E-state index in [1.54, 1.807) is 13.2 Å². The van der Waals surface area contributed by atoms with Gasteiger partial charge in [0.15, 0.2) is 5.82 Å². The van der Waals surface area contributed by atoms with Crippen molar-refractivity contribution in [2.45, 2.75) is 114 Å². The quantitative estimate of drug-likeness (QED) is 0.0407. The number of halogens is 2. The number of phenolic OH excluding ortho intramolecular Hbond substituents is 1. The first-order valence-corrected chi connectivity index (χ1v) is 26.8. The number of fused-ring (bicyclic) bond motifs is 4. The predicted molar refractivity (Wildman–Crippen MR) is 284 cm³/mol. The summed E-state index contributed by atoms with van der Waals surface area (Å²) >= 11 is 0. The van der Waals surface area contributed by atoms with Crippen LogP contribution in [0.4, 0.5) is 14.5 Å². The van der Waals surface area contributed by atoms with Crippen LogP contribution in [0.25, 0.3) is 32.9 Å². The highest BCUT2D eigenvalue weighted by molar-refractivity contribution is 6.05. The van der Waals surface area contributed by atoms with E-state index in [2.05, 4.69) is 73.1 Å². The Bertz CT molecular complexity index is 2980. The summed E-state index contributed by atoms with van der Waals surface area (Å²) in [6.45, 7) is 13.7. The summed E-state index contributed by atoms with van der Waals surface area (Å²) in [6.07, 6.45) is 20.9. The van der Waals surface area contributed by atoms with Gasteiger partial charge in [-0.3, -0.25) is 19.5 Å². The molecule has 4 aliphatic heterocycles. The van der Waals surface area contributed by atoms with Crippen molar-refractivity contribution in [1.29, 1.82) is 0 Å². The summed E-state index contributed by atoms with van der Waals surface area (Å²) in [6, 6.07) is 13.6. The number of benzene rings is 3. The highest BCUT2D eigenvalue weighted by Crippen LogP contribution is 2.52. The summed E-state index contributed by atoms with van der Waals surface area (Å²) < 4.78 is 40.2. The molecule has 3 atom stereocenters. The Hall–Kier alpha value is -5.79. The van der Waals surface area contributed by atoms with Gasteiger partial charge < -0.3 is 35.2 Å². The lowest BCUT2D eigenvalue weighted by molar-refractivity contribution is -0.122. The van der Waals surface area contributed by atoms with E-state index in [9.17, 15) is 14.3 Å². The molecule has 384 valence electrons. The first-order chi connectivity index (χ1) is 35.4. The number of phenols is 1. The zero-order valence-electron chi connectivity index (χ0n) is 42.7. The number of nitrogens with zero attached hydrogens (tertiary/aromatic N) is 8. The molecule has 1 spiro atoms. The number of carbonyl (C=O) groups is 1. The molecule has 6 heterocycles. The minimum Gasteiger partial charge on any atom is -0.508 e. The average molecular weight is 993 g/mol. The topological polar surface area (TPSA) is 136 Å². The number of pyridine rings is 1. The van der Waals surface area contributed by atoms with Crippen LogP contribution in [0.15, 0.2) is 58.6 Å². The van der Waals surface area contributed by atoms with E-state index in [0.717, 1.165) is 74.8 Å². The maximum absolute atomic E-state index is 16.9. The molecule has 1 amide bonds. The molecule has 2 aliphatic carbocycles. The van der Waals surface area contributed by atoms with E-state index in [-0.39, 0.29) is 57.6 Å². The fraction of sp³-hybridized carbons (Fsp3) is 0.534. The summed E-state index contributed by atoms with van der Waals surface area (Å²) in [4.78, 5) is 34.2. The van der Waals surface area contributed by atoms with Gasteiger partial charge in [-0.25, -0.2) is 13.8 Å². The van der Waals surface area contributed by atoms with E-state index >= 15 is 4.39 Å². The zero-order chi connectivity index (χ0) is 50.6. The Morgan fingerprint density at radius 1 is 1.04 bits per heavy atom. The fourth-order valence-electron chi connectivity index (χ4n) is 13.6. The predicted octanol–water partition coefficient (Wildman–Crippen LogP) is 8.78. The molecular formula is C58H70F2N10O3. The second-order valence-electron chi connectivity index (χ2n) is 22.4. The maximum atomic E-state index is 16.9. The number of piperazine rings is 1. The lowest BCUT2D eigenvalue weighted by atomic mass is 9.66. The van der Waals surface area contributed by atoms with Gasteiger partial charge in [-0.15, -0.1) is 6.42 Å². The smallest absolute Gasteiger partial charge is 0.228 e. The first-order valence-electron chi connectivity index (χ1n) is 26.8. The molecule has 3 N–H and O–H groups in total. The average Bonchev–Trinajstić information content (AvgIpc) is 3.97. The monoisotopic (exact) mass is 993 g/mol. The van der Waals surface area contributed by atoms with Crippen LogP contribution in [-0.4, -0.2) is 137 Å². The minimum atomic E-state index is -0.760. The Balaban J connectivity index is 0.693. The number of piperidine rings is 1. The second-order valence-corrected chi connectivity index (χ2v) is 22.4. The van der Waals surface area contributed by atoms with Gasteiger partial charge >= 0.3 is 0 Å². The number of hydrogen-bond donors (Lipinski definition) is 3. The molecule has 13 nitrogen and oxygen atoms in total. The third-order valence-corrected chi connectivity index (χ3v) is 17.6. The summed E-state index contributed by atoms with van der Waals surface area (Å²) in [5.41, 5.74) is 4.33. The van der Waals surface area contributed by atoms with Crippen molar-refractivity contribution in [3.8, 4) is 29.4 Å². The number of aromatic nitrogens is 3. The molecule has 15 heteroatoms. The van der Waals surface area contributed by atoms with Crippen molar-refractivity contribution in [2.75, 3.05) is 66.2 Å². The summed E-state index contributed by atoms with van der Waals surface area (Å²) in [7, 11) is 3.71. The Kier molecular flexibility index (Phi) is 13.6. The van der Waals surface area contributed by atoms with Crippen molar-refractivity contribution < 1.29 is 23.4 Å². The molecule has 2 aromatic heterocycles. The molecular weight excluding hydrogens is 923 g/mol. The van der Waals surface area contributed by atoms with Gasteiger partial charge in [-0.05, 0) is 137 Å². The second kappa shape index (κ2) is 20.1. The van der Waals surface area contributed by atoms with Crippen molar-refractivity contribution >= 4 is 45.8 Å². The zero-order valence-corrected chi connectivity index (χ0v) is 42.7. The highest BCUT2D eigenvalue weighted by atomic mass is 19.1.